The molecule has 37 heavy (non-hydrogen) atoms. The average Bonchev–Trinajstić information content (AvgIpc) is 3.49. The number of H-pyrrole nitrogens is 1. The summed E-state index contributed by atoms with van der Waals surface area (Å²) in [4.78, 5) is 35.3. The number of benzene rings is 1. The molecule has 0 bridgehead atoms. The Balaban J connectivity index is 1.08. The Morgan fingerprint density at radius 1 is 1.05 bits per heavy atom. The lowest BCUT2D eigenvalue weighted by Gasteiger charge is -2.42. The number of amides is 2. The van der Waals surface area contributed by atoms with Crippen LogP contribution in [0.1, 0.15) is 50.0 Å². The maximum Gasteiger partial charge on any atom is 0.270 e. The number of likely N-dealkylation sites (N-methyl/N-ethyl adjacent to an activating group) is 1. The first kappa shape index (κ1) is 25.5. The first-order valence-corrected chi connectivity index (χ1v) is 13.6. The number of rotatable bonds is 7. The molecule has 8 nitrogen and oxygen atoms in total. The number of hydrogen-bond donors (Lipinski definition) is 2. The van der Waals surface area contributed by atoms with Gasteiger partial charge in [-0.05, 0) is 46.6 Å². The number of nitrogens with zero attached hydrogens (tertiary/aromatic N) is 3. The van der Waals surface area contributed by atoms with Crippen molar-refractivity contribution in [2.24, 2.45) is 0 Å². The molecule has 4 heterocycles. The molecule has 8 heteroatoms. The van der Waals surface area contributed by atoms with E-state index in [0.717, 1.165) is 68.7 Å². The third-order valence-electron chi connectivity index (χ3n) is 8.03. The lowest BCUT2D eigenvalue weighted by Crippen LogP contribution is -2.52. The van der Waals surface area contributed by atoms with Crippen molar-refractivity contribution in [3.05, 3.63) is 48.2 Å². The van der Waals surface area contributed by atoms with E-state index in [1.165, 1.54) is 0 Å². The monoisotopic (exact) mass is 505 g/mol. The molecular weight excluding hydrogens is 466 g/mol. The van der Waals surface area contributed by atoms with Crippen molar-refractivity contribution < 1.29 is 14.0 Å². The molecule has 2 aliphatic heterocycles. The van der Waals surface area contributed by atoms with Crippen molar-refractivity contribution in [3.8, 4) is 11.3 Å². The number of aromatic amines is 1. The number of piperidine rings is 2. The van der Waals surface area contributed by atoms with E-state index >= 15 is 0 Å². The summed E-state index contributed by atoms with van der Waals surface area (Å²) in [5.41, 5.74) is 3.17. The fourth-order valence-electron chi connectivity index (χ4n) is 5.48. The lowest BCUT2D eigenvalue weighted by atomic mass is 9.97. The summed E-state index contributed by atoms with van der Waals surface area (Å²) in [5, 5.41) is 3.22. The van der Waals surface area contributed by atoms with Crippen LogP contribution in [0.5, 0.6) is 0 Å². The van der Waals surface area contributed by atoms with Gasteiger partial charge in [-0.2, -0.15) is 0 Å². The summed E-state index contributed by atoms with van der Waals surface area (Å²) in [6.45, 7) is 8.17. The van der Waals surface area contributed by atoms with Crippen LogP contribution in [0.2, 0.25) is 0 Å². The van der Waals surface area contributed by atoms with Crippen molar-refractivity contribution in [2.45, 2.75) is 57.7 Å². The highest BCUT2D eigenvalue weighted by atomic mass is 16.3. The fourth-order valence-corrected chi connectivity index (χ4v) is 5.48. The zero-order chi connectivity index (χ0) is 25.9. The zero-order valence-corrected chi connectivity index (χ0v) is 22.2. The SMILES string of the molecule is CC(C)N(C)CC(=O)NC1CCN(C2CCN(C(=O)c3cc4oc(-c5ccccc5)cc4[nH]3)CC2)CC1. The second kappa shape index (κ2) is 11.1. The van der Waals surface area contributed by atoms with E-state index in [-0.39, 0.29) is 17.9 Å². The standard InChI is InChI=1S/C29H39N5O3/c1-20(2)32(3)19-28(35)30-22-9-13-33(14-10-22)23-11-15-34(16-12-23)29(36)25-18-27-24(31-25)17-26(37-27)21-7-5-4-6-8-21/h4-8,17-18,20,22-23,31H,9-16,19H2,1-3H3,(H,30,35). The van der Waals surface area contributed by atoms with Crippen LogP contribution in [-0.4, -0.2) is 89.4 Å². The van der Waals surface area contributed by atoms with Crippen molar-refractivity contribution >= 4 is 22.9 Å². The first-order valence-electron chi connectivity index (χ1n) is 13.6. The van der Waals surface area contributed by atoms with Gasteiger partial charge in [0.05, 0.1) is 12.1 Å². The van der Waals surface area contributed by atoms with Gasteiger partial charge in [0.15, 0.2) is 5.58 Å². The molecule has 2 N–H and O–H groups in total. The van der Waals surface area contributed by atoms with Crippen LogP contribution in [0.25, 0.3) is 22.4 Å². The van der Waals surface area contributed by atoms with Crippen molar-refractivity contribution in [1.29, 1.82) is 0 Å². The molecule has 2 aromatic heterocycles. The van der Waals surface area contributed by atoms with Crippen LogP contribution in [0.4, 0.5) is 0 Å². The van der Waals surface area contributed by atoms with Gasteiger partial charge in [-0.3, -0.25) is 14.5 Å². The fraction of sp³-hybridized carbons (Fsp3) is 0.517. The highest BCUT2D eigenvalue weighted by Gasteiger charge is 2.31. The van der Waals surface area contributed by atoms with Crippen molar-refractivity contribution in [3.63, 3.8) is 0 Å². The third kappa shape index (κ3) is 5.91. The second-order valence-electron chi connectivity index (χ2n) is 10.8. The Labute approximate surface area is 219 Å². The van der Waals surface area contributed by atoms with E-state index in [1.807, 2.05) is 54.4 Å². The number of carbonyl (C=O) groups is 2. The third-order valence-corrected chi connectivity index (χ3v) is 8.03. The molecule has 1 aromatic carbocycles. The summed E-state index contributed by atoms with van der Waals surface area (Å²) in [7, 11) is 1.99. The molecule has 0 atom stereocenters. The van der Waals surface area contributed by atoms with E-state index < -0.39 is 0 Å². The van der Waals surface area contributed by atoms with E-state index in [4.69, 9.17) is 4.42 Å². The van der Waals surface area contributed by atoms with Gasteiger partial charge in [0, 0.05) is 62.0 Å². The second-order valence-corrected chi connectivity index (χ2v) is 10.8. The minimum atomic E-state index is 0.0406. The zero-order valence-electron chi connectivity index (χ0n) is 22.2. The van der Waals surface area contributed by atoms with Crippen LogP contribution in [0.15, 0.2) is 46.9 Å². The maximum atomic E-state index is 13.2. The molecule has 198 valence electrons. The van der Waals surface area contributed by atoms with Gasteiger partial charge in [-0.25, -0.2) is 0 Å². The molecule has 0 saturated carbocycles. The molecule has 3 aromatic rings. The summed E-state index contributed by atoms with van der Waals surface area (Å²) >= 11 is 0. The number of nitrogens with one attached hydrogen (secondary N) is 2. The predicted molar refractivity (Wildman–Crippen MR) is 145 cm³/mol. The smallest absolute Gasteiger partial charge is 0.270 e. The Bertz CT molecular complexity index is 1170. The Hall–Kier alpha value is -3.10. The van der Waals surface area contributed by atoms with Gasteiger partial charge < -0.3 is 24.5 Å². The van der Waals surface area contributed by atoms with Crippen LogP contribution in [0.3, 0.4) is 0 Å². The van der Waals surface area contributed by atoms with E-state index in [9.17, 15) is 9.59 Å². The molecular formula is C29H39N5O3. The molecule has 0 spiro atoms. The molecule has 0 unspecified atom stereocenters. The van der Waals surface area contributed by atoms with Crippen molar-refractivity contribution in [1.82, 2.24) is 25.0 Å². The van der Waals surface area contributed by atoms with E-state index in [1.54, 1.807) is 0 Å². The molecule has 0 radical (unpaired) electrons. The normalized spacial score (nSPS) is 18.2. The van der Waals surface area contributed by atoms with Gasteiger partial charge in [0.1, 0.15) is 11.5 Å². The molecule has 0 aliphatic carbocycles. The predicted octanol–water partition coefficient (Wildman–Crippen LogP) is 3.95. The molecule has 2 fully saturated rings. The number of fused-ring (bicyclic) bond motifs is 1. The highest BCUT2D eigenvalue weighted by molar-refractivity contribution is 5.97. The highest BCUT2D eigenvalue weighted by Crippen LogP contribution is 2.29. The summed E-state index contributed by atoms with van der Waals surface area (Å²) in [6, 6.07) is 14.9. The Kier molecular flexibility index (Phi) is 7.67. The minimum absolute atomic E-state index is 0.0406. The number of carbonyl (C=O) groups excluding carboxylic acids is 2. The van der Waals surface area contributed by atoms with Crippen LogP contribution < -0.4 is 5.32 Å². The van der Waals surface area contributed by atoms with E-state index in [0.29, 0.717) is 29.9 Å². The largest absolute Gasteiger partial charge is 0.454 e. The number of aromatic nitrogens is 1. The molecule has 2 amide bonds. The van der Waals surface area contributed by atoms with Crippen LogP contribution in [-0.2, 0) is 4.79 Å². The number of hydrogen-bond acceptors (Lipinski definition) is 5. The van der Waals surface area contributed by atoms with Gasteiger partial charge in [-0.15, -0.1) is 0 Å². The van der Waals surface area contributed by atoms with Crippen LogP contribution >= 0.6 is 0 Å². The Morgan fingerprint density at radius 3 is 2.41 bits per heavy atom. The van der Waals surface area contributed by atoms with Crippen LogP contribution in [0, 0.1) is 0 Å². The van der Waals surface area contributed by atoms with Gasteiger partial charge in [0.25, 0.3) is 5.91 Å². The minimum Gasteiger partial charge on any atom is -0.454 e. The molecule has 2 saturated heterocycles. The average molecular weight is 506 g/mol. The number of furan rings is 1. The van der Waals surface area contributed by atoms with E-state index in [2.05, 4.69) is 33.9 Å². The molecule has 5 rings (SSSR count). The van der Waals surface area contributed by atoms with Crippen molar-refractivity contribution in [2.75, 3.05) is 39.8 Å². The summed E-state index contributed by atoms with van der Waals surface area (Å²) < 4.78 is 5.99. The molecule has 2 aliphatic rings. The summed E-state index contributed by atoms with van der Waals surface area (Å²) in [6.07, 6.45) is 3.94. The van der Waals surface area contributed by atoms with Gasteiger partial charge in [0.2, 0.25) is 5.91 Å². The van der Waals surface area contributed by atoms with Gasteiger partial charge in [-0.1, -0.05) is 30.3 Å². The number of likely N-dealkylation sites (tertiary alicyclic amines) is 2. The maximum absolute atomic E-state index is 13.2. The quantitative estimate of drug-likeness (QED) is 0.508. The lowest BCUT2D eigenvalue weighted by molar-refractivity contribution is -0.123. The summed E-state index contributed by atoms with van der Waals surface area (Å²) in [5.74, 6) is 0.959. The topological polar surface area (TPSA) is 84.8 Å². The first-order chi connectivity index (χ1) is 17.9. The Morgan fingerprint density at radius 2 is 1.76 bits per heavy atom. The van der Waals surface area contributed by atoms with Gasteiger partial charge >= 0.3 is 0 Å².